The number of para-hydroxylation sites is 2. The second-order valence-corrected chi connectivity index (χ2v) is 12.4. The molecule has 6 aromatic rings. The Labute approximate surface area is 293 Å². The van der Waals surface area contributed by atoms with Crippen LogP contribution in [0.25, 0.3) is 0 Å². The molecule has 228 valence electrons. The second-order valence-electron chi connectivity index (χ2n) is 9.03. The number of hydrogen-bond acceptors (Lipinski definition) is 12. The van der Waals surface area contributed by atoms with Gasteiger partial charge in [0.15, 0.2) is 11.5 Å². The molecule has 0 spiro atoms. The molecule has 3 heterocycles. The maximum Gasteiger partial charge on any atom is 0.331 e. The van der Waals surface area contributed by atoms with Crippen molar-refractivity contribution in [1.29, 1.82) is 0 Å². The van der Waals surface area contributed by atoms with Crippen molar-refractivity contribution in [3.05, 3.63) is 103 Å². The predicted octanol–water partition coefficient (Wildman–Crippen LogP) is 10.2. The van der Waals surface area contributed by atoms with Crippen LogP contribution in [-0.2, 0) is 0 Å². The zero-order valence-corrected chi connectivity index (χ0v) is 29.1. The van der Waals surface area contributed by atoms with Gasteiger partial charge in [-0.1, -0.05) is 24.3 Å². The van der Waals surface area contributed by atoms with Crippen LogP contribution >= 0.6 is 63.7 Å². The Morgan fingerprint density at radius 2 is 0.674 bits per heavy atom. The van der Waals surface area contributed by atoms with E-state index in [4.69, 9.17) is 28.4 Å². The molecule has 12 nitrogen and oxygen atoms in total. The Kier molecular flexibility index (Phi) is 8.66. The summed E-state index contributed by atoms with van der Waals surface area (Å²) in [4.78, 5) is 26.0. The lowest BCUT2D eigenvalue weighted by atomic mass is 10.3. The zero-order valence-electron chi connectivity index (χ0n) is 22.7. The summed E-state index contributed by atoms with van der Waals surface area (Å²) in [7, 11) is 0. The summed E-state index contributed by atoms with van der Waals surface area (Å²) in [5.74, 6) is 2.21. The smallest absolute Gasteiger partial charge is 0.331 e. The van der Waals surface area contributed by atoms with Crippen molar-refractivity contribution in [1.82, 2.24) is 29.9 Å². The standard InChI is InChI=1S/C30H14Br4N6O6/c31-19-9-3-10-20(32)23(19)45-29-37-25-35-27(39-29)43-17-7-2-8-18(14-17)44-28-36-26(42-16-6-1-5-15(13-16)41-25)38-30(40-28)46-24-21(33)11-4-12-22(24)34/h1-14H. The van der Waals surface area contributed by atoms with Gasteiger partial charge in [0.2, 0.25) is 0 Å². The Bertz CT molecular complexity index is 1840. The first-order chi connectivity index (χ1) is 22.3. The number of nitrogens with zero attached hydrogens (tertiary/aromatic N) is 6. The van der Waals surface area contributed by atoms with Gasteiger partial charge in [-0.05, 0) is 112 Å². The van der Waals surface area contributed by atoms with Crippen molar-refractivity contribution in [2.24, 2.45) is 0 Å². The van der Waals surface area contributed by atoms with E-state index in [1.165, 1.54) is 0 Å². The van der Waals surface area contributed by atoms with E-state index in [9.17, 15) is 0 Å². The fourth-order valence-electron chi connectivity index (χ4n) is 3.88. The fourth-order valence-corrected chi connectivity index (χ4v) is 6.20. The van der Waals surface area contributed by atoms with Crippen molar-refractivity contribution in [2.45, 2.75) is 0 Å². The van der Waals surface area contributed by atoms with Crippen LogP contribution in [0, 0.1) is 0 Å². The average molecular weight is 874 g/mol. The maximum absolute atomic E-state index is 6.00. The Morgan fingerprint density at radius 1 is 0.391 bits per heavy atom. The highest BCUT2D eigenvalue weighted by atomic mass is 79.9. The van der Waals surface area contributed by atoms with E-state index in [-0.39, 0.29) is 36.1 Å². The normalized spacial score (nSPS) is 11.7. The van der Waals surface area contributed by atoms with E-state index in [1.807, 2.05) is 36.4 Å². The van der Waals surface area contributed by atoms with Gasteiger partial charge in [0.1, 0.15) is 23.0 Å². The molecule has 0 atom stereocenters. The highest BCUT2D eigenvalue weighted by Crippen LogP contribution is 2.39. The molecule has 0 saturated carbocycles. The Hall–Kier alpha value is -4.38. The number of benzene rings is 4. The van der Waals surface area contributed by atoms with E-state index >= 15 is 0 Å². The number of aromatic nitrogens is 6. The molecule has 46 heavy (non-hydrogen) atoms. The largest absolute Gasteiger partial charge is 0.424 e. The molecule has 2 aromatic heterocycles. The first-order valence-corrected chi connectivity index (χ1v) is 16.2. The van der Waals surface area contributed by atoms with Crippen LogP contribution in [-0.4, -0.2) is 29.9 Å². The lowest BCUT2D eigenvalue weighted by Crippen LogP contribution is -2.03. The third-order valence-corrected chi connectivity index (χ3v) is 8.32. The molecule has 4 aromatic carbocycles. The minimum atomic E-state index is -0.100. The molecule has 1 aliphatic heterocycles. The monoisotopic (exact) mass is 870 g/mol. The van der Waals surface area contributed by atoms with Crippen molar-refractivity contribution >= 4 is 63.7 Å². The fraction of sp³-hybridized carbons (Fsp3) is 0. The molecule has 0 saturated heterocycles. The van der Waals surface area contributed by atoms with Crippen LogP contribution in [0.3, 0.4) is 0 Å². The van der Waals surface area contributed by atoms with Crippen LogP contribution < -0.4 is 28.4 Å². The summed E-state index contributed by atoms with van der Waals surface area (Å²) in [6.07, 6.45) is 0. The third kappa shape index (κ3) is 7.04. The van der Waals surface area contributed by atoms with Gasteiger partial charge in [-0.25, -0.2) is 0 Å². The van der Waals surface area contributed by atoms with Gasteiger partial charge in [-0.2, -0.15) is 0 Å². The summed E-state index contributed by atoms with van der Waals surface area (Å²) < 4.78 is 38.7. The van der Waals surface area contributed by atoms with Crippen LogP contribution in [0.4, 0.5) is 0 Å². The van der Waals surface area contributed by atoms with Crippen LogP contribution in [0.1, 0.15) is 0 Å². The number of halogens is 4. The summed E-state index contributed by atoms with van der Waals surface area (Å²) >= 11 is 13.9. The highest BCUT2D eigenvalue weighted by Gasteiger charge is 2.19. The lowest BCUT2D eigenvalue weighted by molar-refractivity contribution is 0.350. The topological polar surface area (TPSA) is 133 Å². The quantitative estimate of drug-likeness (QED) is 0.167. The van der Waals surface area contributed by atoms with E-state index < -0.39 is 0 Å². The van der Waals surface area contributed by atoms with E-state index in [0.717, 1.165) is 0 Å². The number of fused-ring (bicyclic) bond motifs is 8. The minimum absolute atomic E-state index is 0.0784. The SMILES string of the molecule is Brc1cccc(Br)c1Oc1nc2nc(n1)Oc1cccc(c1)Oc1nc(nc(Oc3c(Br)cccc3Br)n1)Oc1cccc(c1)O2. The highest BCUT2D eigenvalue weighted by molar-refractivity contribution is 9.11. The zero-order chi connectivity index (χ0) is 31.6. The van der Waals surface area contributed by atoms with Gasteiger partial charge < -0.3 is 28.4 Å². The molecule has 0 radical (unpaired) electrons. The van der Waals surface area contributed by atoms with Crippen molar-refractivity contribution in [3.8, 4) is 70.6 Å². The van der Waals surface area contributed by atoms with Crippen molar-refractivity contribution < 1.29 is 28.4 Å². The number of rotatable bonds is 4. The van der Waals surface area contributed by atoms with Gasteiger partial charge >= 0.3 is 36.1 Å². The second kappa shape index (κ2) is 13.2. The summed E-state index contributed by atoms with van der Waals surface area (Å²) in [5.41, 5.74) is 0. The van der Waals surface area contributed by atoms with E-state index in [1.54, 1.807) is 48.5 Å². The summed E-state index contributed by atoms with van der Waals surface area (Å²) in [5, 5.41) is 0. The Balaban J connectivity index is 1.29. The molecule has 0 fully saturated rings. The Morgan fingerprint density at radius 3 is 0.978 bits per heavy atom. The van der Waals surface area contributed by atoms with Crippen LogP contribution in [0.2, 0.25) is 0 Å². The number of hydrogen-bond donors (Lipinski definition) is 0. The molecule has 1 aliphatic rings. The molecule has 0 unspecified atom stereocenters. The lowest BCUT2D eigenvalue weighted by Gasteiger charge is -2.13. The van der Waals surface area contributed by atoms with Gasteiger partial charge in [0.25, 0.3) is 0 Å². The van der Waals surface area contributed by atoms with Crippen molar-refractivity contribution in [3.63, 3.8) is 0 Å². The first kappa shape index (κ1) is 30.3. The van der Waals surface area contributed by atoms with E-state index in [2.05, 4.69) is 93.6 Å². The molecule has 0 aliphatic carbocycles. The molecule has 16 heteroatoms. The molecule has 7 rings (SSSR count). The third-order valence-electron chi connectivity index (χ3n) is 5.82. The summed E-state index contributed by atoms with van der Waals surface area (Å²) in [6.45, 7) is 0. The van der Waals surface area contributed by atoms with Crippen LogP contribution in [0.5, 0.6) is 70.6 Å². The van der Waals surface area contributed by atoms with Crippen molar-refractivity contribution in [2.75, 3.05) is 0 Å². The van der Waals surface area contributed by atoms with Crippen LogP contribution in [0.15, 0.2) is 103 Å². The minimum Gasteiger partial charge on any atom is -0.424 e. The van der Waals surface area contributed by atoms with Gasteiger partial charge in [0, 0.05) is 12.1 Å². The maximum atomic E-state index is 6.00. The van der Waals surface area contributed by atoms with Gasteiger partial charge in [-0.15, -0.1) is 29.9 Å². The molecular formula is C30H14Br4N6O6. The van der Waals surface area contributed by atoms with E-state index in [0.29, 0.717) is 52.4 Å². The predicted molar refractivity (Wildman–Crippen MR) is 177 cm³/mol. The number of ether oxygens (including phenoxy) is 6. The molecule has 0 N–H and O–H groups in total. The first-order valence-electron chi connectivity index (χ1n) is 13.0. The average Bonchev–Trinajstić information content (AvgIpc) is 3.01. The molecule has 8 bridgehead atoms. The van der Waals surface area contributed by atoms with Gasteiger partial charge in [-0.3, -0.25) is 0 Å². The summed E-state index contributed by atoms with van der Waals surface area (Å²) in [6, 6.07) is 23.8. The molecule has 0 amide bonds. The molecular weight excluding hydrogens is 860 g/mol. The van der Waals surface area contributed by atoms with Gasteiger partial charge in [0.05, 0.1) is 17.9 Å².